The standard InChI is InChI=1S/C21H29N5O/c1-3-8-19(18-9-5-4-6-10-18)24-20(27)17(2)25-13-15-26(16-14-25)21-22-11-7-12-23-21/h4-7,9-12,17,19H,3,8,13-16H2,1-2H3,(H,24,27)/t17-,19+/m1/s1. The van der Waals surface area contributed by atoms with Crippen molar-refractivity contribution in [3.8, 4) is 0 Å². The first-order chi connectivity index (χ1) is 13.2. The number of rotatable bonds is 7. The number of piperazine rings is 1. The van der Waals surface area contributed by atoms with Crippen LogP contribution >= 0.6 is 0 Å². The van der Waals surface area contributed by atoms with Gasteiger partial charge in [0.1, 0.15) is 0 Å². The number of hydrogen-bond donors (Lipinski definition) is 1. The second kappa shape index (κ2) is 9.46. The maximum atomic E-state index is 12.9. The van der Waals surface area contributed by atoms with Gasteiger partial charge < -0.3 is 10.2 Å². The van der Waals surface area contributed by atoms with E-state index in [9.17, 15) is 4.79 Å². The molecule has 0 spiro atoms. The number of carbonyl (C=O) groups excluding carboxylic acids is 1. The number of nitrogens with zero attached hydrogens (tertiary/aromatic N) is 4. The van der Waals surface area contributed by atoms with E-state index in [-0.39, 0.29) is 18.0 Å². The van der Waals surface area contributed by atoms with Gasteiger partial charge in [-0.15, -0.1) is 0 Å². The lowest BCUT2D eigenvalue weighted by molar-refractivity contribution is -0.126. The number of carbonyl (C=O) groups is 1. The SMILES string of the molecule is CCC[C@H](NC(=O)[C@@H](C)N1CCN(c2ncccn2)CC1)c1ccccc1. The number of aromatic nitrogens is 2. The highest BCUT2D eigenvalue weighted by atomic mass is 16.2. The summed E-state index contributed by atoms with van der Waals surface area (Å²) in [6.07, 6.45) is 5.51. The van der Waals surface area contributed by atoms with Gasteiger partial charge in [0, 0.05) is 38.6 Å². The van der Waals surface area contributed by atoms with E-state index < -0.39 is 0 Å². The lowest BCUT2D eigenvalue weighted by Gasteiger charge is -2.37. The van der Waals surface area contributed by atoms with Gasteiger partial charge in [0.05, 0.1) is 12.1 Å². The third kappa shape index (κ3) is 5.04. The van der Waals surface area contributed by atoms with Gasteiger partial charge in [-0.25, -0.2) is 9.97 Å². The third-order valence-electron chi connectivity index (χ3n) is 5.17. The van der Waals surface area contributed by atoms with Gasteiger partial charge in [-0.2, -0.15) is 0 Å². The monoisotopic (exact) mass is 367 g/mol. The first-order valence-corrected chi connectivity index (χ1v) is 9.80. The Kier molecular flexibility index (Phi) is 6.76. The van der Waals surface area contributed by atoms with Crippen molar-refractivity contribution < 1.29 is 4.79 Å². The lowest BCUT2D eigenvalue weighted by atomic mass is 10.0. The summed E-state index contributed by atoms with van der Waals surface area (Å²) in [5, 5.41) is 3.26. The van der Waals surface area contributed by atoms with Crippen molar-refractivity contribution in [2.24, 2.45) is 0 Å². The van der Waals surface area contributed by atoms with Gasteiger partial charge in [0.25, 0.3) is 0 Å². The maximum Gasteiger partial charge on any atom is 0.237 e. The molecule has 2 aromatic rings. The molecular weight excluding hydrogens is 338 g/mol. The molecule has 1 aliphatic rings. The van der Waals surface area contributed by atoms with Gasteiger partial charge in [0.15, 0.2) is 0 Å². The molecule has 1 aromatic carbocycles. The van der Waals surface area contributed by atoms with Crippen LogP contribution in [-0.4, -0.2) is 53.0 Å². The molecule has 1 fully saturated rings. The second-order valence-corrected chi connectivity index (χ2v) is 7.01. The van der Waals surface area contributed by atoms with Crippen molar-refractivity contribution in [2.45, 2.75) is 38.8 Å². The largest absolute Gasteiger partial charge is 0.348 e. The molecule has 1 N–H and O–H groups in total. The molecule has 0 aliphatic carbocycles. The van der Waals surface area contributed by atoms with Crippen LogP contribution < -0.4 is 10.2 Å². The van der Waals surface area contributed by atoms with Crippen LogP contribution in [0.25, 0.3) is 0 Å². The van der Waals surface area contributed by atoms with Crippen LogP contribution in [-0.2, 0) is 4.79 Å². The van der Waals surface area contributed by atoms with Crippen molar-refractivity contribution >= 4 is 11.9 Å². The molecular formula is C21H29N5O. The summed E-state index contributed by atoms with van der Waals surface area (Å²) in [6.45, 7) is 7.47. The highest BCUT2D eigenvalue weighted by Crippen LogP contribution is 2.19. The van der Waals surface area contributed by atoms with Crippen molar-refractivity contribution in [1.29, 1.82) is 0 Å². The molecule has 1 aromatic heterocycles. The summed E-state index contributed by atoms with van der Waals surface area (Å²) in [5.74, 6) is 0.864. The summed E-state index contributed by atoms with van der Waals surface area (Å²) in [6, 6.07) is 12.0. The summed E-state index contributed by atoms with van der Waals surface area (Å²) in [5.41, 5.74) is 1.17. The van der Waals surface area contributed by atoms with Crippen LogP contribution in [0.4, 0.5) is 5.95 Å². The van der Waals surface area contributed by atoms with E-state index in [1.807, 2.05) is 31.2 Å². The predicted molar refractivity (Wildman–Crippen MR) is 108 cm³/mol. The molecule has 3 rings (SSSR count). The minimum atomic E-state index is -0.146. The molecule has 0 saturated carbocycles. The van der Waals surface area contributed by atoms with E-state index in [1.54, 1.807) is 12.4 Å². The van der Waals surface area contributed by atoms with Crippen LogP contribution in [0.2, 0.25) is 0 Å². The highest BCUT2D eigenvalue weighted by Gasteiger charge is 2.27. The molecule has 1 amide bonds. The molecule has 6 heteroatoms. The number of benzene rings is 1. The van der Waals surface area contributed by atoms with Crippen LogP contribution in [0.3, 0.4) is 0 Å². The van der Waals surface area contributed by atoms with E-state index in [1.165, 1.54) is 5.56 Å². The Hall–Kier alpha value is -2.47. The van der Waals surface area contributed by atoms with E-state index in [2.05, 4.69) is 44.1 Å². The Labute approximate surface area is 161 Å². The fourth-order valence-corrected chi connectivity index (χ4v) is 3.52. The summed E-state index contributed by atoms with van der Waals surface area (Å²) < 4.78 is 0. The Morgan fingerprint density at radius 1 is 1.07 bits per heavy atom. The highest BCUT2D eigenvalue weighted by molar-refractivity contribution is 5.81. The molecule has 0 unspecified atom stereocenters. The van der Waals surface area contributed by atoms with Gasteiger partial charge in [-0.3, -0.25) is 9.69 Å². The molecule has 144 valence electrons. The maximum absolute atomic E-state index is 12.9. The average molecular weight is 367 g/mol. The smallest absolute Gasteiger partial charge is 0.237 e. The molecule has 27 heavy (non-hydrogen) atoms. The topological polar surface area (TPSA) is 61.4 Å². The zero-order valence-corrected chi connectivity index (χ0v) is 16.2. The fourth-order valence-electron chi connectivity index (χ4n) is 3.52. The van der Waals surface area contributed by atoms with Gasteiger partial charge in [0.2, 0.25) is 11.9 Å². The predicted octanol–water partition coefficient (Wildman–Crippen LogP) is 2.64. The van der Waals surface area contributed by atoms with Crippen molar-refractivity contribution in [3.63, 3.8) is 0 Å². The molecule has 2 atom stereocenters. The fraction of sp³-hybridized carbons (Fsp3) is 0.476. The van der Waals surface area contributed by atoms with Crippen LogP contribution in [0.5, 0.6) is 0 Å². The third-order valence-corrected chi connectivity index (χ3v) is 5.17. The van der Waals surface area contributed by atoms with Gasteiger partial charge in [-0.05, 0) is 25.0 Å². The first kappa shape index (κ1) is 19.3. The van der Waals surface area contributed by atoms with Gasteiger partial charge >= 0.3 is 0 Å². The molecule has 2 heterocycles. The number of hydrogen-bond acceptors (Lipinski definition) is 5. The average Bonchev–Trinajstić information content (AvgIpc) is 2.74. The molecule has 0 bridgehead atoms. The number of nitrogens with one attached hydrogen (secondary N) is 1. The van der Waals surface area contributed by atoms with Crippen molar-refractivity contribution in [1.82, 2.24) is 20.2 Å². The Morgan fingerprint density at radius 2 is 1.74 bits per heavy atom. The Bertz CT molecular complexity index is 701. The summed E-state index contributed by atoms with van der Waals surface area (Å²) in [4.78, 5) is 25.9. The van der Waals surface area contributed by atoms with E-state index in [0.29, 0.717) is 0 Å². The molecule has 0 radical (unpaired) electrons. The molecule has 1 aliphatic heterocycles. The van der Waals surface area contributed by atoms with E-state index in [4.69, 9.17) is 0 Å². The Balaban J connectivity index is 1.55. The Morgan fingerprint density at radius 3 is 2.37 bits per heavy atom. The number of amides is 1. The molecule has 1 saturated heterocycles. The van der Waals surface area contributed by atoms with Crippen LogP contribution in [0.1, 0.15) is 38.3 Å². The number of anilines is 1. The van der Waals surface area contributed by atoms with Crippen molar-refractivity contribution in [3.05, 3.63) is 54.4 Å². The van der Waals surface area contributed by atoms with Crippen LogP contribution in [0, 0.1) is 0 Å². The first-order valence-electron chi connectivity index (χ1n) is 9.80. The van der Waals surface area contributed by atoms with Crippen molar-refractivity contribution in [2.75, 3.05) is 31.1 Å². The zero-order chi connectivity index (χ0) is 19.1. The van der Waals surface area contributed by atoms with Crippen LogP contribution in [0.15, 0.2) is 48.8 Å². The second-order valence-electron chi connectivity index (χ2n) is 7.01. The summed E-state index contributed by atoms with van der Waals surface area (Å²) in [7, 11) is 0. The minimum absolute atomic E-state index is 0.0742. The lowest BCUT2D eigenvalue weighted by Crippen LogP contribution is -2.54. The van der Waals surface area contributed by atoms with E-state index >= 15 is 0 Å². The normalized spacial score (nSPS) is 17.3. The van der Waals surface area contributed by atoms with Gasteiger partial charge in [-0.1, -0.05) is 43.7 Å². The minimum Gasteiger partial charge on any atom is -0.348 e. The molecule has 6 nitrogen and oxygen atoms in total. The zero-order valence-electron chi connectivity index (χ0n) is 16.2. The summed E-state index contributed by atoms with van der Waals surface area (Å²) >= 11 is 0. The quantitative estimate of drug-likeness (QED) is 0.815. The van der Waals surface area contributed by atoms with E-state index in [0.717, 1.165) is 45.0 Å².